The van der Waals surface area contributed by atoms with E-state index >= 15 is 0 Å². The van der Waals surface area contributed by atoms with E-state index in [1.165, 1.54) is 24.0 Å². The number of aryl methyl sites for hydroxylation is 1. The van der Waals surface area contributed by atoms with Gasteiger partial charge in [-0.05, 0) is 49.3 Å². The first-order chi connectivity index (χ1) is 9.12. The van der Waals surface area contributed by atoms with Crippen LogP contribution in [-0.2, 0) is 22.7 Å². The van der Waals surface area contributed by atoms with E-state index in [-0.39, 0.29) is 5.75 Å². The highest BCUT2D eigenvalue weighted by Crippen LogP contribution is 2.27. The normalized spacial score (nSPS) is 15.0. The Morgan fingerprint density at radius 3 is 2.74 bits per heavy atom. The lowest BCUT2D eigenvalue weighted by atomic mass is 9.90. The fourth-order valence-electron chi connectivity index (χ4n) is 2.70. The fourth-order valence-corrected chi connectivity index (χ4v) is 3.94. The molecule has 0 spiro atoms. The van der Waals surface area contributed by atoms with E-state index in [0.717, 1.165) is 18.5 Å². The Kier molecular flexibility index (Phi) is 4.86. The van der Waals surface area contributed by atoms with E-state index < -0.39 is 9.84 Å². The standard InChI is InChI=1S/C15H23NO2S/c1-2-11-19(17,18)12-10-16-15-9-5-7-13-6-3-4-8-14(13)15/h5,7,9,16H,2-4,6,8,10-12H2,1H3. The summed E-state index contributed by atoms with van der Waals surface area (Å²) in [5.74, 6) is 0.520. The van der Waals surface area contributed by atoms with Gasteiger partial charge in [-0.2, -0.15) is 0 Å². The molecule has 3 nitrogen and oxygen atoms in total. The van der Waals surface area contributed by atoms with Crippen LogP contribution in [0.5, 0.6) is 0 Å². The van der Waals surface area contributed by atoms with Crippen molar-refractivity contribution in [3.8, 4) is 0 Å². The van der Waals surface area contributed by atoms with Gasteiger partial charge in [-0.3, -0.25) is 0 Å². The van der Waals surface area contributed by atoms with Crippen molar-refractivity contribution in [1.29, 1.82) is 0 Å². The van der Waals surface area contributed by atoms with Crippen LogP contribution < -0.4 is 5.32 Å². The lowest BCUT2D eigenvalue weighted by molar-refractivity contribution is 0.595. The Balaban J connectivity index is 1.97. The minimum Gasteiger partial charge on any atom is -0.384 e. The minimum absolute atomic E-state index is 0.227. The molecular weight excluding hydrogens is 258 g/mol. The molecule has 0 fully saturated rings. The molecule has 1 aliphatic rings. The first kappa shape index (κ1) is 14.4. The molecule has 0 unspecified atom stereocenters. The molecule has 0 atom stereocenters. The number of benzene rings is 1. The van der Waals surface area contributed by atoms with Crippen molar-refractivity contribution in [1.82, 2.24) is 0 Å². The van der Waals surface area contributed by atoms with E-state index in [4.69, 9.17) is 0 Å². The molecule has 1 N–H and O–H groups in total. The van der Waals surface area contributed by atoms with Crippen LogP contribution in [-0.4, -0.2) is 26.5 Å². The smallest absolute Gasteiger partial charge is 0.152 e. The average Bonchev–Trinajstić information content (AvgIpc) is 2.39. The van der Waals surface area contributed by atoms with Crippen molar-refractivity contribution in [2.45, 2.75) is 39.0 Å². The van der Waals surface area contributed by atoms with Gasteiger partial charge in [0, 0.05) is 18.0 Å². The van der Waals surface area contributed by atoms with E-state index in [1.54, 1.807) is 0 Å². The third-order valence-corrected chi connectivity index (χ3v) is 5.50. The molecule has 0 saturated heterocycles. The van der Waals surface area contributed by atoms with Crippen LogP contribution in [0.25, 0.3) is 0 Å². The molecule has 0 aliphatic heterocycles. The van der Waals surface area contributed by atoms with Gasteiger partial charge in [0.15, 0.2) is 9.84 Å². The van der Waals surface area contributed by atoms with Crippen molar-refractivity contribution in [3.05, 3.63) is 29.3 Å². The van der Waals surface area contributed by atoms with E-state index in [2.05, 4.69) is 23.5 Å². The van der Waals surface area contributed by atoms with Crippen LogP contribution in [0.15, 0.2) is 18.2 Å². The van der Waals surface area contributed by atoms with E-state index in [0.29, 0.717) is 18.7 Å². The molecule has 1 aliphatic carbocycles. The van der Waals surface area contributed by atoms with Crippen molar-refractivity contribution in [3.63, 3.8) is 0 Å². The second-order valence-electron chi connectivity index (χ2n) is 5.23. The zero-order chi connectivity index (χ0) is 13.7. The zero-order valence-corrected chi connectivity index (χ0v) is 12.4. The molecular formula is C15H23NO2S. The minimum atomic E-state index is -2.89. The zero-order valence-electron chi connectivity index (χ0n) is 11.6. The summed E-state index contributed by atoms with van der Waals surface area (Å²) < 4.78 is 23.3. The molecule has 2 rings (SSSR count). The van der Waals surface area contributed by atoms with Crippen LogP contribution in [0.3, 0.4) is 0 Å². The number of nitrogens with one attached hydrogen (secondary N) is 1. The van der Waals surface area contributed by atoms with Gasteiger partial charge in [0.1, 0.15) is 0 Å². The number of anilines is 1. The predicted octanol–water partition coefficient (Wildman–Crippen LogP) is 2.80. The molecule has 106 valence electrons. The van der Waals surface area contributed by atoms with E-state index in [1.807, 2.05) is 6.92 Å². The summed E-state index contributed by atoms with van der Waals surface area (Å²) in [5.41, 5.74) is 3.94. The molecule has 1 aromatic carbocycles. The SMILES string of the molecule is CCCS(=O)(=O)CCNc1cccc2c1CCCC2. The predicted molar refractivity (Wildman–Crippen MR) is 80.5 cm³/mol. The van der Waals surface area contributed by atoms with E-state index in [9.17, 15) is 8.42 Å². The lowest BCUT2D eigenvalue weighted by Gasteiger charge is -2.20. The van der Waals surface area contributed by atoms with Gasteiger partial charge >= 0.3 is 0 Å². The first-order valence-corrected chi connectivity index (χ1v) is 8.99. The number of hydrogen-bond acceptors (Lipinski definition) is 3. The quantitative estimate of drug-likeness (QED) is 0.872. The summed E-state index contributed by atoms with van der Waals surface area (Å²) in [6.45, 7) is 2.41. The molecule has 0 heterocycles. The van der Waals surface area contributed by atoms with Gasteiger partial charge in [0.25, 0.3) is 0 Å². The van der Waals surface area contributed by atoms with Gasteiger partial charge < -0.3 is 5.32 Å². The van der Waals surface area contributed by atoms with Crippen LogP contribution in [0.2, 0.25) is 0 Å². The Morgan fingerprint density at radius 1 is 1.16 bits per heavy atom. The Morgan fingerprint density at radius 2 is 1.95 bits per heavy atom. The van der Waals surface area contributed by atoms with Crippen LogP contribution in [0, 0.1) is 0 Å². The molecule has 0 amide bonds. The number of fused-ring (bicyclic) bond motifs is 1. The molecule has 1 aromatic rings. The fraction of sp³-hybridized carbons (Fsp3) is 0.600. The second-order valence-corrected chi connectivity index (χ2v) is 7.53. The third kappa shape index (κ3) is 3.96. The monoisotopic (exact) mass is 281 g/mol. The Bertz CT molecular complexity index is 523. The van der Waals surface area contributed by atoms with Gasteiger partial charge in [-0.25, -0.2) is 8.42 Å². The first-order valence-electron chi connectivity index (χ1n) is 7.17. The molecule has 0 aromatic heterocycles. The maximum absolute atomic E-state index is 11.7. The Labute approximate surface area is 116 Å². The second kappa shape index (κ2) is 6.42. The summed E-state index contributed by atoms with van der Waals surface area (Å²) in [5, 5.41) is 3.31. The van der Waals surface area contributed by atoms with Gasteiger partial charge in [0.2, 0.25) is 0 Å². The molecule has 0 bridgehead atoms. The molecule has 0 saturated carbocycles. The largest absolute Gasteiger partial charge is 0.384 e. The molecule has 19 heavy (non-hydrogen) atoms. The summed E-state index contributed by atoms with van der Waals surface area (Å²) in [6, 6.07) is 6.32. The van der Waals surface area contributed by atoms with Crippen molar-refractivity contribution in [2.75, 3.05) is 23.4 Å². The van der Waals surface area contributed by atoms with Gasteiger partial charge in [-0.1, -0.05) is 19.1 Å². The lowest BCUT2D eigenvalue weighted by Crippen LogP contribution is -2.19. The van der Waals surface area contributed by atoms with Gasteiger partial charge in [-0.15, -0.1) is 0 Å². The van der Waals surface area contributed by atoms with Crippen molar-refractivity contribution in [2.24, 2.45) is 0 Å². The average molecular weight is 281 g/mol. The maximum Gasteiger partial charge on any atom is 0.152 e. The molecule has 0 radical (unpaired) electrons. The third-order valence-electron chi connectivity index (χ3n) is 3.64. The topological polar surface area (TPSA) is 46.2 Å². The number of rotatable bonds is 6. The Hall–Kier alpha value is -1.03. The summed E-state index contributed by atoms with van der Waals surface area (Å²) in [7, 11) is -2.89. The summed E-state index contributed by atoms with van der Waals surface area (Å²) >= 11 is 0. The van der Waals surface area contributed by atoms with Crippen molar-refractivity contribution >= 4 is 15.5 Å². The number of sulfone groups is 1. The summed E-state index contributed by atoms with van der Waals surface area (Å²) in [6.07, 6.45) is 5.46. The van der Waals surface area contributed by atoms with Gasteiger partial charge in [0.05, 0.1) is 5.75 Å². The number of hydrogen-bond donors (Lipinski definition) is 1. The van der Waals surface area contributed by atoms with Crippen molar-refractivity contribution < 1.29 is 8.42 Å². The van der Waals surface area contributed by atoms with Crippen LogP contribution in [0.4, 0.5) is 5.69 Å². The highest BCUT2D eigenvalue weighted by molar-refractivity contribution is 7.91. The van der Waals surface area contributed by atoms with Crippen LogP contribution in [0.1, 0.15) is 37.3 Å². The molecule has 4 heteroatoms. The highest BCUT2D eigenvalue weighted by atomic mass is 32.2. The highest BCUT2D eigenvalue weighted by Gasteiger charge is 2.13. The summed E-state index contributed by atoms with van der Waals surface area (Å²) in [4.78, 5) is 0. The van der Waals surface area contributed by atoms with Crippen LogP contribution >= 0.6 is 0 Å². The maximum atomic E-state index is 11.7.